The van der Waals surface area contributed by atoms with E-state index in [0.717, 1.165) is 0 Å². The molecule has 0 unspecified atom stereocenters. The van der Waals surface area contributed by atoms with Gasteiger partial charge >= 0.3 is 0 Å². The van der Waals surface area contributed by atoms with Crippen LogP contribution in [-0.4, -0.2) is 22.9 Å². The molecule has 94 valence electrons. The van der Waals surface area contributed by atoms with Gasteiger partial charge in [-0.1, -0.05) is 6.07 Å². The molecule has 0 aromatic heterocycles. The summed E-state index contributed by atoms with van der Waals surface area (Å²) in [4.78, 5) is 35.3. The minimum absolute atomic E-state index is 0.0986. The van der Waals surface area contributed by atoms with Gasteiger partial charge in [-0.25, -0.2) is 0 Å². The Hall–Kier alpha value is -1.39. The van der Waals surface area contributed by atoms with E-state index >= 15 is 0 Å². The third-order valence-corrected chi connectivity index (χ3v) is 3.36. The maximum Gasteiger partial charge on any atom is 0.252 e. The number of carbonyl (C=O) groups is 3. The van der Waals surface area contributed by atoms with Crippen molar-refractivity contribution in [1.82, 2.24) is 0 Å². The van der Waals surface area contributed by atoms with E-state index in [2.05, 4.69) is 0 Å². The van der Waals surface area contributed by atoms with Crippen molar-refractivity contribution in [2.45, 2.75) is 6.42 Å². The third kappa shape index (κ3) is 2.54. The molecule has 1 atom stereocenters. The Kier molecular flexibility index (Phi) is 3.68. The highest BCUT2D eigenvalue weighted by atomic mass is 35.5. The number of nitrogens with zero attached hydrogens (tertiary/aromatic N) is 1. The maximum absolute atomic E-state index is 11.8. The number of amides is 1. The Morgan fingerprint density at radius 1 is 1.28 bits per heavy atom. The van der Waals surface area contributed by atoms with E-state index in [4.69, 9.17) is 23.2 Å². The molecule has 2 rings (SSSR count). The largest absolute Gasteiger partial charge is 0.312 e. The first-order valence-electron chi connectivity index (χ1n) is 5.28. The smallest absolute Gasteiger partial charge is 0.252 e. The zero-order valence-electron chi connectivity index (χ0n) is 9.23. The van der Waals surface area contributed by atoms with Crippen LogP contribution in [-0.2, 0) is 9.59 Å². The molecule has 0 bridgehead atoms. The highest BCUT2D eigenvalue weighted by Crippen LogP contribution is 2.27. The summed E-state index contributed by atoms with van der Waals surface area (Å²) in [5.74, 6) is -0.678. The predicted octanol–water partition coefficient (Wildman–Crippen LogP) is 2.18. The van der Waals surface area contributed by atoms with Gasteiger partial charge in [-0.15, -0.1) is 0 Å². The molecule has 1 aromatic carbocycles. The fourth-order valence-corrected chi connectivity index (χ4v) is 2.17. The lowest BCUT2D eigenvalue weighted by Crippen LogP contribution is -2.25. The minimum atomic E-state index is -0.589. The van der Waals surface area contributed by atoms with Gasteiger partial charge in [0.25, 0.3) is 5.24 Å². The Bertz CT molecular complexity index is 530. The highest BCUT2D eigenvalue weighted by Gasteiger charge is 2.34. The molecule has 4 nitrogen and oxygen atoms in total. The van der Waals surface area contributed by atoms with Crippen molar-refractivity contribution >= 4 is 45.3 Å². The van der Waals surface area contributed by atoms with Gasteiger partial charge < -0.3 is 4.90 Å². The predicted molar refractivity (Wildman–Crippen MR) is 67.9 cm³/mol. The summed E-state index contributed by atoms with van der Waals surface area (Å²) in [5.41, 5.74) is 0.856. The summed E-state index contributed by atoms with van der Waals surface area (Å²) in [7, 11) is 0. The topological polar surface area (TPSA) is 54.5 Å². The fourth-order valence-electron chi connectivity index (χ4n) is 1.91. The van der Waals surface area contributed by atoms with E-state index in [9.17, 15) is 14.4 Å². The summed E-state index contributed by atoms with van der Waals surface area (Å²) in [6.07, 6.45) is 0.0986. The van der Waals surface area contributed by atoms with Crippen LogP contribution in [0, 0.1) is 5.92 Å². The van der Waals surface area contributed by atoms with Crippen molar-refractivity contribution in [1.29, 1.82) is 0 Å². The quantitative estimate of drug-likeness (QED) is 0.800. The van der Waals surface area contributed by atoms with Gasteiger partial charge in [0, 0.05) is 24.2 Å². The van der Waals surface area contributed by atoms with Crippen LogP contribution in [0.1, 0.15) is 16.8 Å². The zero-order valence-corrected chi connectivity index (χ0v) is 10.7. The molecule has 1 aromatic rings. The lowest BCUT2D eigenvalue weighted by molar-refractivity contribution is -0.120. The van der Waals surface area contributed by atoms with Crippen molar-refractivity contribution < 1.29 is 14.4 Å². The average molecular weight is 286 g/mol. The van der Waals surface area contributed by atoms with Crippen LogP contribution in [0.4, 0.5) is 5.69 Å². The second kappa shape index (κ2) is 5.08. The van der Waals surface area contributed by atoms with Crippen molar-refractivity contribution in [2.75, 3.05) is 11.4 Å². The number of hydrogen-bond donors (Lipinski definition) is 0. The monoisotopic (exact) mass is 285 g/mol. The minimum Gasteiger partial charge on any atom is -0.312 e. The lowest BCUT2D eigenvalue weighted by Gasteiger charge is -2.16. The first-order valence-corrected chi connectivity index (χ1v) is 6.04. The van der Waals surface area contributed by atoms with Gasteiger partial charge in [0.2, 0.25) is 11.1 Å². The van der Waals surface area contributed by atoms with Crippen molar-refractivity contribution in [3.63, 3.8) is 0 Å². The first kappa shape index (κ1) is 13.1. The Morgan fingerprint density at radius 2 is 2.00 bits per heavy atom. The summed E-state index contributed by atoms with van der Waals surface area (Å²) in [6.45, 7) is 0.237. The van der Waals surface area contributed by atoms with E-state index in [1.165, 1.54) is 11.0 Å². The van der Waals surface area contributed by atoms with Gasteiger partial charge in [0.05, 0.1) is 5.92 Å². The first-order chi connectivity index (χ1) is 8.49. The molecule has 1 fully saturated rings. The molecule has 1 aliphatic heterocycles. The van der Waals surface area contributed by atoms with Crippen LogP contribution in [0.3, 0.4) is 0 Å². The van der Waals surface area contributed by atoms with Gasteiger partial charge in [-0.3, -0.25) is 14.4 Å². The Labute approximate surface area is 113 Å². The van der Waals surface area contributed by atoms with E-state index in [1.54, 1.807) is 18.2 Å². The lowest BCUT2D eigenvalue weighted by atomic mass is 10.1. The molecule has 1 amide bonds. The average Bonchev–Trinajstić information content (AvgIpc) is 2.72. The SMILES string of the molecule is O=C(Cl)c1cccc(N2C[C@H](C(=O)Cl)CC2=O)c1. The Balaban J connectivity index is 2.27. The van der Waals surface area contributed by atoms with Crippen molar-refractivity contribution in [2.24, 2.45) is 5.92 Å². The van der Waals surface area contributed by atoms with E-state index < -0.39 is 16.4 Å². The van der Waals surface area contributed by atoms with Gasteiger partial charge in [0.1, 0.15) is 0 Å². The van der Waals surface area contributed by atoms with Crippen LogP contribution in [0.2, 0.25) is 0 Å². The molecule has 0 N–H and O–H groups in total. The number of anilines is 1. The number of carbonyl (C=O) groups excluding carboxylic acids is 3. The second-order valence-electron chi connectivity index (χ2n) is 4.03. The molecule has 18 heavy (non-hydrogen) atoms. The van der Waals surface area contributed by atoms with Gasteiger partial charge in [0.15, 0.2) is 0 Å². The van der Waals surface area contributed by atoms with E-state index in [1.807, 2.05) is 0 Å². The van der Waals surface area contributed by atoms with E-state index in [-0.39, 0.29) is 18.9 Å². The standard InChI is InChI=1S/C12H9Cl2NO3/c13-11(17)7-2-1-3-9(4-7)15-6-8(12(14)18)5-10(15)16/h1-4,8H,5-6H2/t8-/m1/s1. The molecular formula is C12H9Cl2NO3. The van der Waals surface area contributed by atoms with Gasteiger partial charge in [-0.05, 0) is 41.4 Å². The number of halogens is 2. The fraction of sp³-hybridized carbons (Fsp3) is 0.250. The molecule has 0 spiro atoms. The summed E-state index contributed by atoms with van der Waals surface area (Å²) >= 11 is 10.8. The van der Waals surface area contributed by atoms with Crippen LogP contribution >= 0.6 is 23.2 Å². The number of hydrogen-bond acceptors (Lipinski definition) is 3. The third-order valence-electron chi connectivity index (χ3n) is 2.83. The van der Waals surface area contributed by atoms with Crippen LogP contribution < -0.4 is 4.90 Å². The van der Waals surface area contributed by atoms with Crippen molar-refractivity contribution in [3.05, 3.63) is 29.8 Å². The van der Waals surface area contributed by atoms with Gasteiger partial charge in [-0.2, -0.15) is 0 Å². The molecule has 0 aliphatic carbocycles. The van der Waals surface area contributed by atoms with Crippen LogP contribution in [0.15, 0.2) is 24.3 Å². The maximum atomic E-state index is 11.8. The normalized spacial score (nSPS) is 19.1. The summed E-state index contributed by atoms with van der Waals surface area (Å²) in [5, 5.41) is -1.11. The number of benzene rings is 1. The molecule has 0 saturated carbocycles. The van der Waals surface area contributed by atoms with Crippen molar-refractivity contribution in [3.8, 4) is 0 Å². The van der Waals surface area contributed by atoms with Crippen LogP contribution in [0.5, 0.6) is 0 Å². The molecule has 6 heteroatoms. The molecule has 1 heterocycles. The summed E-state index contributed by atoms with van der Waals surface area (Å²) < 4.78 is 0. The Morgan fingerprint density at radius 3 is 2.56 bits per heavy atom. The van der Waals surface area contributed by atoms with E-state index in [0.29, 0.717) is 11.3 Å². The zero-order chi connectivity index (χ0) is 13.3. The molecular weight excluding hydrogens is 277 g/mol. The number of rotatable bonds is 3. The second-order valence-corrected chi connectivity index (χ2v) is 4.75. The molecule has 1 aliphatic rings. The summed E-state index contributed by atoms with van der Waals surface area (Å²) in [6, 6.07) is 6.40. The highest BCUT2D eigenvalue weighted by molar-refractivity contribution is 6.67. The molecule has 0 radical (unpaired) electrons. The molecule has 1 saturated heterocycles. The van der Waals surface area contributed by atoms with Crippen LogP contribution in [0.25, 0.3) is 0 Å².